The molecule has 1 aliphatic rings. The molecule has 0 fully saturated rings. The molecule has 1 aromatic rings. The van der Waals surface area contributed by atoms with Gasteiger partial charge >= 0.3 is 0 Å². The number of anilines is 1. The summed E-state index contributed by atoms with van der Waals surface area (Å²) in [6, 6.07) is 7.40. The maximum absolute atomic E-state index is 11.8. The SMILES string of the molecule is CNC(=O)CNC(=O)C1CNc2ccccc2O1. The summed E-state index contributed by atoms with van der Waals surface area (Å²) in [4.78, 5) is 22.8. The Bertz CT molecular complexity index is 462. The Morgan fingerprint density at radius 3 is 3.00 bits per heavy atom. The van der Waals surface area contributed by atoms with Crippen LogP contribution in [0.4, 0.5) is 5.69 Å². The van der Waals surface area contributed by atoms with Crippen LogP contribution in [0.1, 0.15) is 0 Å². The smallest absolute Gasteiger partial charge is 0.263 e. The third-order valence-electron chi connectivity index (χ3n) is 2.63. The minimum absolute atomic E-state index is 0.0448. The molecule has 1 unspecified atom stereocenters. The van der Waals surface area contributed by atoms with Gasteiger partial charge in [0.1, 0.15) is 5.75 Å². The summed E-state index contributed by atoms with van der Waals surface area (Å²) in [6.07, 6.45) is -0.621. The third kappa shape index (κ3) is 2.71. The fourth-order valence-corrected chi connectivity index (χ4v) is 1.63. The fourth-order valence-electron chi connectivity index (χ4n) is 1.63. The quantitative estimate of drug-likeness (QED) is 0.688. The van der Waals surface area contributed by atoms with Crippen molar-refractivity contribution in [3.05, 3.63) is 24.3 Å². The van der Waals surface area contributed by atoms with E-state index in [9.17, 15) is 9.59 Å². The first kappa shape index (κ1) is 12.2. The number of para-hydroxylation sites is 2. The van der Waals surface area contributed by atoms with E-state index >= 15 is 0 Å². The molecule has 18 heavy (non-hydrogen) atoms. The van der Waals surface area contributed by atoms with E-state index in [0.717, 1.165) is 5.69 Å². The molecule has 0 aliphatic carbocycles. The van der Waals surface area contributed by atoms with E-state index in [1.54, 1.807) is 6.07 Å². The van der Waals surface area contributed by atoms with Gasteiger partial charge in [-0.2, -0.15) is 0 Å². The summed E-state index contributed by atoms with van der Waals surface area (Å²) in [5.41, 5.74) is 0.868. The van der Waals surface area contributed by atoms with E-state index in [-0.39, 0.29) is 18.4 Å². The second-order valence-corrected chi connectivity index (χ2v) is 3.87. The monoisotopic (exact) mass is 249 g/mol. The van der Waals surface area contributed by atoms with Crippen molar-refractivity contribution in [2.24, 2.45) is 0 Å². The molecule has 0 saturated heterocycles. The molecule has 0 saturated carbocycles. The molecule has 0 spiro atoms. The van der Waals surface area contributed by atoms with Crippen molar-refractivity contribution in [2.45, 2.75) is 6.10 Å². The Balaban J connectivity index is 1.92. The van der Waals surface area contributed by atoms with Crippen molar-refractivity contribution < 1.29 is 14.3 Å². The molecule has 1 atom stereocenters. The van der Waals surface area contributed by atoms with Crippen LogP contribution in [0, 0.1) is 0 Å². The van der Waals surface area contributed by atoms with Crippen LogP contribution in [-0.2, 0) is 9.59 Å². The van der Waals surface area contributed by atoms with Gasteiger partial charge in [-0.1, -0.05) is 12.1 Å². The first-order chi connectivity index (χ1) is 8.70. The number of carbonyl (C=O) groups excluding carboxylic acids is 2. The van der Waals surface area contributed by atoms with E-state index in [0.29, 0.717) is 12.3 Å². The number of amides is 2. The molecule has 6 nitrogen and oxygen atoms in total. The number of nitrogens with one attached hydrogen (secondary N) is 3. The predicted molar refractivity (Wildman–Crippen MR) is 66.4 cm³/mol. The summed E-state index contributed by atoms with van der Waals surface area (Å²) in [6.45, 7) is 0.341. The Hall–Kier alpha value is -2.24. The van der Waals surface area contributed by atoms with Gasteiger partial charge in [0, 0.05) is 7.05 Å². The average Bonchev–Trinajstić information content (AvgIpc) is 2.43. The molecule has 0 aromatic heterocycles. The number of likely N-dealkylation sites (N-methyl/N-ethyl adjacent to an activating group) is 1. The van der Waals surface area contributed by atoms with Gasteiger partial charge in [0.25, 0.3) is 5.91 Å². The van der Waals surface area contributed by atoms with Crippen LogP contribution in [0.25, 0.3) is 0 Å². The number of carbonyl (C=O) groups is 2. The van der Waals surface area contributed by atoms with Gasteiger partial charge in [-0.25, -0.2) is 0 Å². The van der Waals surface area contributed by atoms with Gasteiger partial charge in [0.05, 0.1) is 18.8 Å². The fraction of sp³-hybridized carbons (Fsp3) is 0.333. The van der Waals surface area contributed by atoms with Gasteiger partial charge < -0.3 is 20.7 Å². The molecule has 1 aromatic carbocycles. The van der Waals surface area contributed by atoms with Gasteiger partial charge in [0.15, 0.2) is 6.10 Å². The zero-order chi connectivity index (χ0) is 13.0. The number of rotatable bonds is 3. The third-order valence-corrected chi connectivity index (χ3v) is 2.63. The van der Waals surface area contributed by atoms with Crippen molar-refractivity contribution in [1.82, 2.24) is 10.6 Å². The van der Waals surface area contributed by atoms with Crippen molar-refractivity contribution in [3.63, 3.8) is 0 Å². The van der Waals surface area contributed by atoms with Crippen LogP contribution in [0.2, 0.25) is 0 Å². The Labute approximate surface area is 105 Å². The van der Waals surface area contributed by atoms with Crippen molar-refractivity contribution in [2.75, 3.05) is 25.5 Å². The molecule has 6 heteroatoms. The highest BCUT2D eigenvalue weighted by molar-refractivity contribution is 5.87. The zero-order valence-corrected chi connectivity index (χ0v) is 10.0. The number of hydrogen-bond donors (Lipinski definition) is 3. The lowest BCUT2D eigenvalue weighted by molar-refractivity contribution is -0.130. The lowest BCUT2D eigenvalue weighted by Gasteiger charge is -2.26. The number of ether oxygens (including phenoxy) is 1. The predicted octanol–water partition coefficient (Wildman–Crippen LogP) is -0.278. The van der Waals surface area contributed by atoms with Gasteiger partial charge in [-0.15, -0.1) is 0 Å². The van der Waals surface area contributed by atoms with Crippen LogP contribution in [-0.4, -0.2) is 38.1 Å². The van der Waals surface area contributed by atoms with Crippen molar-refractivity contribution in [3.8, 4) is 5.75 Å². The molecule has 1 heterocycles. The minimum Gasteiger partial charge on any atom is -0.477 e. The Morgan fingerprint density at radius 2 is 2.22 bits per heavy atom. The molecule has 2 rings (SSSR count). The zero-order valence-electron chi connectivity index (χ0n) is 10.0. The van der Waals surface area contributed by atoms with E-state index in [4.69, 9.17) is 4.74 Å². The van der Waals surface area contributed by atoms with Gasteiger partial charge in [-0.05, 0) is 12.1 Å². The molecular formula is C12H15N3O3. The Kier molecular flexibility index (Phi) is 3.66. The number of benzene rings is 1. The molecule has 96 valence electrons. The van der Waals surface area contributed by atoms with Gasteiger partial charge in [0.2, 0.25) is 5.91 Å². The standard InChI is InChI=1S/C12H15N3O3/c1-13-11(16)7-15-12(17)10-6-14-8-4-2-3-5-9(8)18-10/h2-5,10,14H,6-7H2,1H3,(H,13,16)(H,15,17). The topological polar surface area (TPSA) is 79.5 Å². The van der Waals surface area contributed by atoms with E-state index in [2.05, 4.69) is 16.0 Å². The summed E-state index contributed by atoms with van der Waals surface area (Å²) in [5.74, 6) is 0.0944. The summed E-state index contributed by atoms with van der Waals surface area (Å²) < 4.78 is 5.55. The van der Waals surface area contributed by atoms with E-state index < -0.39 is 6.10 Å². The molecule has 2 amide bonds. The van der Waals surface area contributed by atoms with Crippen LogP contribution in [0.15, 0.2) is 24.3 Å². The molecule has 3 N–H and O–H groups in total. The van der Waals surface area contributed by atoms with Crippen LogP contribution < -0.4 is 20.7 Å². The first-order valence-corrected chi connectivity index (χ1v) is 5.68. The highest BCUT2D eigenvalue weighted by Crippen LogP contribution is 2.27. The maximum Gasteiger partial charge on any atom is 0.263 e. The lowest BCUT2D eigenvalue weighted by Crippen LogP contribution is -2.47. The summed E-state index contributed by atoms with van der Waals surface area (Å²) in [5, 5.41) is 8.06. The molecule has 1 aliphatic heterocycles. The highest BCUT2D eigenvalue weighted by Gasteiger charge is 2.25. The second-order valence-electron chi connectivity index (χ2n) is 3.87. The summed E-state index contributed by atoms with van der Waals surface area (Å²) >= 11 is 0. The normalized spacial score (nSPS) is 16.8. The van der Waals surface area contributed by atoms with Gasteiger partial charge in [-0.3, -0.25) is 9.59 Å². The van der Waals surface area contributed by atoms with Crippen LogP contribution in [0.3, 0.4) is 0 Å². The van der Waals surface area contributed by atoms with E-state index in [1.807, 2.05) is 18.2 Å². The number of fused-ring (bicyclic) bond motifs is 1. The molecular weight excluding hydrogens is 234 g/mol. The highest BCUT2D eigenvalue weighted by atomic mass is 16.5. The second kappa shape index (κ2) is 5.39. The maximum atomic E-state index is 11.8. The largest absolute Gasteiger partial charge is 0.477 e. The molecule has 0 bridgehead atoms. The van der Waals surface area contributed by atoms with E-state index in [1.165, 1.54) is 7.05 Å². The number of hydrogen-bond acceptors (Lipinski definition) is 4. The minimum atomic E-state index is -0.621. The van der Waals surface area contributed by atoms with Crippen LogP contribution in [0.5, 0.6) is 5.75 Å². The van der Waals surface area contributed by atoms with Crippen LogP contribution >= 0.6 is 0 Å². The van der Waals surface area contributed by atoms with Crippen molar-refractivity contribution in [1.29, 1.82) is 0 Å². The van der Waals surface area contributed by atoms with Crippen molar-refractivity contribution >= 4 is 17.5 Å². The summed E-state index contributed by atoms with van der Waals surface area (Å²) in [7, 11) is 1.52. The molecule has 0 radical (unpaired) electrons. The lowest BCUT2D eigenvalue weighted by atomic mass is 10.2. The average molecular weight is 249 g/mol. The first-order valence-electron chi connectivity index (χ1n) is 5.68. The Morgan fingerprint density at radius 1 is 1.44 bits per heavy atom.